The predicted octanol–water partition coefficient (Wildman–Crippen LogP) is 7.99. The van der Waals surface area contributed by atoms with Crippen LogP contribution < -0.4 is 31.9 Å². The number of carbonyl (C=O) groups is 1. The van der Waals surface area contributed by atoms with Gasteiger partial charge in [-0.25, -0.2) is 4.79 Å². The van der Waals surface area contributed by atoms with E-state index in [-0.39, 0.29) is 6.07 Å². The molecule has 5 aromatic carbocycles. The fraction of sp³-hybridized carbons (Fsp3) is 0.0606. The first-order valence-electron chi connectivity index (χ1n) is 13.0. The second kappa shape index (κ2) is 11.9. The molecule has 0 aliphatic heterocycles. The van der Waals surface area contributed by atoms with Crippen LogP contribution in [0.1, 0.15) is 11.1 Å². The van der Waals surface area contributed by atoms with Crippen LogP contribution in [0.5, 0.6) is 0 Å². The summed E-state index contributed by atoms with van der Waals surface area (Å²) in [7, 11) is -2.40. The molecule has 0 bridgehead atoms. The van der Waals surface area contributed by atoms with Gasteiger partial charge in [0.15, 0.2) is 0 Å². The molecule has 3 nitrogen and oxygen atoms in total. The second-order valence-corrected chi connectivity index (χ2v) is 13.0. The van der Waals surface area contributed by atoms with Crippen molar-refractivity contribution in [3.05, 3.63) is 145 Å². The van der Waals surface area contributed by atoms with E-state index in [9.17, 15) is 31.1 Å². The monoisotopic (exact) mass is 609 g/mol. The van der Waals surface area contributed by atoms with Crippen LogP contribution in [0.15, 0.2) is 133 Å². The Kier molecular flexibility index (Phi) is 8.29. The van der Waals surface area contributed by atoms with Gasteiger partial charge in [0.25, 0.3) is 0 Å². The van der Waals surface area contributed by atoms with Crippen LogP contribution in [0.2, 0.25) is 0 Å². The van der Waals surface area contributed by atoms with Crippen molar-refractivity contribution in [1.82, 2.24) is 0 Å². The van der Waals surface area contributed by atoms with Gasteiger partial charge in [0.1, 0.15) is 28.5 Å². The van der Waals surface area contributed by atoms with Crippen molar-refractivity contribution in [2.45, 2.75) is 12.4 Å². The predicted molar refractivity (Wildman–Crippen MR) is 160 cm³/mol. The minimum Gasteiger partial charge on any atom is -0.308 e. The number of rotatable bonds is 6. The first kappa shape index (κ1) is 29.9. The molecule has 0 atom stereocenters. The lowest BCUT2D eigenvalue weighted by molar-refractivity contribution is -0.143. The zero-order valence-corrected chi connectivity index (χ0v) is 23.2. The summed E-state index contributed by atoms with van der Waals surface area (Å²) in [6, 6.07) is 37.2. The number of hydrogen-bond acceptors (Lipinski definition) is 1. The van der Waals surface area contributed by atoms with E-state index in [1.54, 1.807) is 12.1 Å². The van der Waals surface area contributed by atoms with E-state index in [0.717, 1.165) is 21.2 Å². The highest BCUT2D eigenvalue weighted by atomic mass is 31.2. The van der Waals surface area contributed by atoms with Crippen LogP contribution in [0, 0.1) is 0 Å². The summed E-state index contributed by atoms with van der Waals surface area (Å²) in [4.78, 5) is 12.7. The maximum atomic E-state index is 13.2. The van der Waals surface area contributed by atoms with Crippen molar-refractivity contribution in [3.63, 3.8) is 0 Å². The molecule has 0 aliphatic rings. The van der Waals surface area contributed by atoms with Crippen LogP contribution in [-0.2, 0) is 12.4 Å². The molecule has 2 N–H and O–H groups in total. The SMILES string of the molecule is O=C(Nc1ccc([P+](c2ccccc2)(c2ccccc2)c2ccccc2)cc1)Nc1cc(C(F)(F)F)cc(C(F)(F)F)c1. The largest absolute Gasteiger partial charge is 0.416 e. The fourth-order valence-electron chi connectivity index (χ4n) is 4.94. The Bertz CT molecular complexity index is 1560. The van der Waals surface area contributed by atoms with Crippen LogP contribution in [0.25, 0.3) is 0 Å². The van der Waals surface area contributed by atoms with E-state index in [1.807, 2.05) is 66.7 Å². The molecule has 5 rings (SSSR count). The number of urea groups is 1. The summed E-state index contributed by atoms with van der Waals surface area (Å²) in [5.74, 6) is 0. The second-order valence-electron chi connectivity index (χ2n) is 9.60. The molecule has 0 aliphatic carbocycles. The molecule has 0 heterocycles. The Morgan fingerprint density at radius 1 is 0.465 bits per heavy atom. The number of anilines is 2. The van der Waals surface area contributed by atoms with Crippen molar-refractivity contribution < 1.29 is 31.1 Å². The van der Waals surface area contributed by atoms with E-state index in [1.165, 1.54) is 0 Å². The molecular weight excluding hydrogens is 585 g/mol. The highest BCUT2D eigenvalue weighted by molar-refractivity contribution is 8.01. The number of benzene rings is 5. The summed E-state index contributed by atoms with van der Waals surface area (Å²) in [5.41, 5.74) is -3.38. The third-order valence-electron chi connectivity index (χ3n) is 6.79. The van der Waals surface area contributed by atoms with E-state index >= 15 is 0 Å². The number of alkyl halides is 6. The zero-order valence-electron chi connectivity index (χ0n) is 22.3. The Morgan fingerprint density at radius 3 is 1.19 bits per heavy atom. The number of hydrogen-bond donors (Lipinski definition) is 2. The normalized spacial score (nSPS) is 12.0. The van der Waals surface area contributed by atoms with Gasteiger partial charge in [0.2, 0.25) is 0 Å². The number of halogens is 6. The maximum Gasteiger partial charge on any atom is 0.416 e. The average Bonchev–Trinajstić information content (AvgIpc) is 2.99. The molecule has 0 fully saturated rings. The van der Waals surface area contributed by atoms with Gasteiger partial charge in [-0.3, -0.25) is 0 Å². The minimum atomic E-state index is -5.03. The van der Waals surface area contributed by atoms with Crippen molar-refractivity contribution in [1.29, 1.82) is 0 Å². The van der Waals surface area contributed by atoms with Gasteiger partial charge < -0.3 is 10.6 Å². The lowest BCUT2D eigenvalue weighted by Crippen LogP contribution is -2.38. The molecule has 0 spiro atoms. The summed E-state index contributed by atoms with van der Waals surface area (Å²) >= 11 is 0. The maximum absolute atomic E-state index is 13.2. The highest BCUT2D eigenvalue weighted by Crippen LogP contribution is 2.54. The van der Waals surface area contributed by atoms with E-state index in [2.05, 4.69) is 47.0 Å². The van der Waals surface area contributed by atoms with Gasteiger partial charge in [0, 0.05) is 11.4 Å². The van der Waals surface area contributed by atoms with Crippen LogP contribution in [0.4, 0.5) is 42.5 Å². The molecule has 2 amide bonds. The molecule has 0 aromatic heterocycles. The lowest BCUT2D eigenvalue weighted by Gasteiger charge is -2.27. The Labute approximate surface area is 244 Å². The third kappa shape index (κ3) is 6.42. The average molecular weight is 610 g/mol. The quantitative estimate of drug-likeness (QED) is 0.149. The minimum absolute atomic E-state index is 0.00336. The first-order chi connectivity index (χ1) is 20.5. The summed E-state index contributed by atoms with van der Waals surface area (Å²) < 4.78 is 79.4. The fourth-order valence-corrected chi connectivity index (χ4v) is 9.18. The van der Waals surface area contributed by atoms with Crippen molar-refractivity contribution in [3.8, 4) is 0 Å². The van der Waals surface area contributed by atoms with Gasteiger partial charge in [-0.1, -0.05) is 54.6 Å². The van der Waals surface area contributed by atoms with Crippen molar-refractivity contribution in [2.24, 2.45) is 0 Å². The van der Waals surface area contributed by atoms with Crippen molar-refractivity contribution in [2.75, 3.05) is 10.6 Å². The Hall–Kier alpha value is -4.62. The number of carbonyl (C=O) groups excluding carboxylic acids is 1. The molecule has 43 heavy (non-hydrogen) atoms. The first-order valence-corrected chi connectivity index (χ1v) is 14.8. The molecule has 0 saturated carbocycles. The summed E-state index contributed by atoms with van der Waals surface area (Å²) in [6.07, 6.45) is -10.1. The topological polar surface area (TPSA) is 41.1 Å². The number of nitrogens with one attached hydrogen (secondary N) is 2. The van der Waals surface area contributed by atoms with Gasteiger partial charge in [-0.15, -0.1) is 0 Å². The van der Waals surface area contributed by atoms with E-state index in [4.69, 9.17) is 0 Å². The van der Waals surface area contributed by atoms with E-state index < -0.39 is 42.5 Å². The van der Waals surface area contributed by atoms with Crippen LogP contribution in [-0.4, -0.2) is 6.03 Å². The number of amides is 2. The van der Waals surface area contributed by atoms with Gasteiger partial charge in [0.05, 0.1) is 11.1 Å². The van der Waals surface area contributed by atoms with Gasteiger partial charge in [-0.05, 0) is 78.9 Å². The molecule has 218 valence electrons. The van der Waals surface area contributed by atoms with Gasteiger partial charge >= 0.3 is 18.4 Å². The Balaban J connectivity index is 1.49. The molecule has 0 radical (unpaired) electrons. The Morgan fingerprint density at radius 2 is 0.814 bits per heavy atom. The molecule has 0 saturated heterocycles. The molecule has 0 unspecified atom stereocenters. The smallest absolute Gasteiger partial charge is 0.308 e. The van der Waals surface area contributed by atoms with Crippen LogP contribution >= 0.6 is 7.26 Å². The summed E-state index contributed by atoms with van der Waals surface area (Å²) in [5, 5.41) is 8.90. The lowest BCUT2D eigenvalue weighted by atomic mass is 10.1. The highest BCUT2D eigenvalue weighted by Gasteiger charge is 2.47. The zero-order chi connectivity index (χ0) is 30.7. The third-order valence-corrected chi connectivity index (χ3v) is 11.1. The molecular formula is C33H24F6N2OP+. The molecule has 5 aromatic rings. The van der Waals surface area contributed by atoms with Crippen molar-refractivity contribution >= 4 is 45.9 Å². The van der Waals surface area contributed by atoms with Crippen LogP contribution in [0.3, 0.4) is 0 Å². The summed E-state index contributed by atoms with van der Waals surface area (Å²) in [6.45, 7) is 0. The standard InChI is InChI=1S/C33H23F6N2OP/c34-32(35,36)23-20-24(33(37,38)39)22-26(21-23)41-31(42)40-25-16-18-30(19-17-25)43(27-10-4-1-5-11-27,28-12-6-2-7-13-28)29-14-8-3-9-15-29/h1-22H,(H-,40,41,42)/p+1. The molecule has 10 heteroatoms. The van der Waals surface area contributed by atoms with Gasteiger partial charge in [-0.2, -0.15) is 26.3 Å². The van der Waals surface area contributed by atoms with E-state index in [0.29, 0.717) is 17.8 Å².